The molecule has 15 heteroatoms. The van der Waals surface area contributed by atoms with Gasteiger partial charge in [-0.2, -0.15) is 5.10 Å². The molecule has 15 nitrogen and oxygen atoms in total. The zero-order chi connectivity index (χ0) is 41.1. The average Bonchev–Trinajstić information content (AvgIpc) is 3.66. The summed E-state index contributed by atoms with van der Waals surface area (Å²) in [6.45, 7) is 1.88. The molecule has 3 aromatic carbocycles. The van der Waals surface area contributed by atoms with Crippen LogP contribution in [-0.2, 0) is 25.7 Å². The molecular weight excluding hydrogens is 736 g/mol. The van der Waals surface area contributed by atoms with Crippen molar-refractivity contribution in [1.29, 1.82) is 0 Å². The van der Waals surface area contributed by atoms with Gasteiger partial charge in [-0.1, -0.05) is 24.3 Å². The van der Waals surface area contributed by atoms with E-state index in [1.807, 2.05) is 0 Å². The van der Waals surface area contributed by atoms with E-state index in [2.05, 4.69) is 20.5 Å². The zero-order valence-corrected chi connectivity index (χ0v) is 33.0. The molecule has 0 radical (unpaired) electrons. The van der Waals surface area contributed by atoms with Crippen LogP contribution in [0.1, 0.15) is 108 Å². The third-order valence-corrected chi connectivity index (χ3v) is 9.72. The monoisotopic (exact) mass is 786 g/mol. The molecule has 2 heterocycles. The van der Waals surface area contributed by atoms with E-state index in [0.717, 1.165) is 0 Å². The Hall–Kier alpha value is -6.09. The van der Waals surface area contributed by atoms with Crippen LogP contribution >= 0.6 is 0 Å². The Labute approximate surface area is 331 Å². The third kappa shape index (κ3) is 10.2. The van der Waals surface area contributed by atoms with Crippen LogP contribution in [0.2, 0.25) is 0 Å². The van der Waals surface area contributed by atoms with E-state index in [9.17, 15) is 24.6 Å². The number of allylic oxidation sites excluding steroid dienone is 1. The molecule has 0 aliphatic carbocycles. The maximum absolute atomic E-state index is 14.4. The number of phenols is 2. The summed E-state index contributed by atoms with van der Waals surface area (Å²) >= 11 is 0. The predicted molar refractivity (Wildman–Crippen MR) is 209 cm³/mol. The first kappa shape index (κ1) is 42.1. The highest BCUT2D eigenvalue weighted by Gasteiger charge is 2.33. The quantitative estimate of drug-likeness (QED) is 0.110. The second kappa shape index (κ2) is 19.7. The molecule has 1 amide bonds. The number of hydrogen-bond acceptors (Lipinski definition) is 13. The molecule has 0 saturated carbocycles. The zero-order valence-electron chi connectivity index (χ0n) is 33.0. The van der Waals surface area contributed by atoms with Gasteiger partial charge in [-0.05, 0) is 79.6 Å². The van der Waals surface area contributed by atoms with Crippen molar-refractivity contribution in [2.24, 2.45) is 0 Å². The summed E-state index contributed by atoms with van der Waals surface area (Å²) in [6, 6.07) is 10.8. The van der Waals surface area contributed by atoms with Crippen molar-refractivity contribution in [2.45, 2.75) is 76.5 Å². The minimum atomic E-state index is -1.11. The largest absolute Gasteiger partial charge is 0.507 e. The molecule has 0 fully saturated rings. The number of benzene rings is 3. The molecule has 57 heavy (non-hydrogen) atoms. The number of carbonyl (C=O) groups is 3. The number of nitrogens with one attached hydrogen (secondary N) is 2. The number of amides is 1. The molecule has 3 unspecified atom stereocenters. The third-order valence-electron chi connectivity index (χ3n) is 9.72. The lowest BCUT2D eigenvalue weighted by Gasteiger charge is -2.25. The average molecular weight is 787 g/mol. The number of aromatic amines is 1. The van der Waals surface area contributed by atoms with Gasteiger partial charge in [0.05, 0.1) is 34.5 Å². The van der Waals surface area contributed by atoms with Crippen LogP contribution in [-0.4, -0.2) is 84.7 Å². The minimum absolute atomic E-state index is 0.107. The first-order valence-electron chi connectivity index (χ1n) is 18.6. The van der Waals surface area contributed by atoms with Gasteiger partial charge < -0.3 is 44.0 Å². The summed E-state index contributed by atoms with van der Waals surface area (Å²) in [4.78, 5) is 45.2. The fraction of sp³-hybridized carbons (Fsp3) is 0.405. The van der Waals surface area contributed by atoms with Crippen LogP contribution in [0.4, 0.5) is 0 Å². The molecule has 4 N–H and O–H groups in total. The van der Waals surface area contributed by atoms with Crippen molar-refractivity contribution in [3.8, 4) is 34.5 Å². The lowest BCUT2D eigenvalue weighted by atomic mass is 9.84. The SMILES string of the molecule is COCc1nc(C(NC(=O)CC(c2cc(OC)c(OC)c(OC)c2)c2c(O)cc3c(c2O)C(=O)OC(C)CCCC(=O)CCCC=C3)c2ccc(OC)cc2)n[nH]1. The van der Waals surface area contributed by atoms with Gasteiger partial charge in [0, 0.05) is 37.9 Å². The van der Waals surface area contributed by atoms with Crippen molar-refractivity contribution < 1.29 is 53.0 Å². The number of fused-ring (bicyclic) bond motifs is 1. The summed E-state index contributed by atoms with van der Waals surface area (Å²) in [5.74, 6) is -1.16. The minimum Gasteiger partial charge on any atom is -0.507 e. The standard InChI is InChI=1S/C42H50N4O11/c1-24-11-10-14-28(47)13-9-7-8-12-26-19-31(48)37(39(50)36(26)42(51)57-24)30(27-20-32(54-4)40(56-6)33(21-27)55-5)22-35(49)44-38(25-15-17-29(53-3)18-16-25)41-43-34(23-52-2)45-46-41/h8,12,15-21,24,30,38,48,50H,7,9-11,13-14,22-23H2,1-6H3,(H,44,49)(H,43,45,46). The predicted octanol–water partition coefficient (Wildman–Crippen LogP) is 6.31. The van der Waals surface area contributed by atoms with E-state index in [-0.39, 0.29) is 64.3 Å². The summed E-state index contributed by atoms with van der Waals surface area (Å²) in [6.07, 6.45) is 5.36. The molecule has 5 rings (SSSR count). The van der Waals surface area contributed by atoms with Crippen LogP contribution in [0, 0.1) is 0 Å². The number of esters is 1. The Kier molecular flexibility index (Phi) is 14.5. The van der Waals surface area contributed by atoms with E-state index in [0.29, 0.717) is 61.2 Å². The Balaban J connectivity index is 1.64. The van der Waals surface area contributed by atoms with E-state index >= 15 is 0 Å². The number of methoxy groups -OCH3 is 5. The Morgan fingerprint density at radius 1 is 0.947 bits per heavy atom. The van der Waals surface area contributed by atoms with Crippen molar-refractivity contribution in [3.05, 3.63) is 88.0 Å². The number of Topliss-reactive ketones (excluding diaryl/α,β-unsaturated/α-hetero) is 1. The topological polar surface area (TPSA) is 201 Å². The second-order valence-corrected chi connectivity index (χ2v) is 13.6. The van der Waals surface area contributed by atoms with Gasteiger partial charge in [0.1, 0.15) is 41.2 Å². The molecule has 3 atom stereocenters. The van der Waals surface area contributed by atoms with Crippen LogP contribution in [0.3, 0.4) is 0 Å². The fourth-order valence-corrected chi connectivity index (χ4v) is 6.85. The highest BCUT2D eigenvalue weighted by Crippen LogP contribution is 2.48. The van der Waals surface area contributed by atoms with Gasteiger partial charge in [-0.25, -0.2) is 9.78 Å². The number of rotatable bonds is 13. The summed E-state index contributed by atoms with van der Waals surface area (Å²) in [5, 5.41) is 34.1. The van der Waals surface area contributed by atoms with Gasteiger partial charge in [0.15, 0.2) is 23.1 Å². The molecule has 304 valence electrons. The van der Waals surface area contributed by atoms with Crippen LogP contribution < -0.4 is 24.3 Å². The van der Waals surface area contributed by atoms with Crippen molar-refractivity contribution >= 4 is 23.7 Å². The number of H-pyrrole nitrogens is 1. The number of aromatic hydroxyl groups is 2. The first-order chi connectivity index (χ1) is 27.5. The number of hydrogen-bond donors (Lipinski definition) is 4. The number of carbonyl (C=O) groups excluding carboxylic acids is 3. The maximum atomic E-state index is 14.4. The van der Waals surface area contributed by atoms with E-state index < -0.39 is 35.7 Å². The summed E-state index contributed by atoms with van der Waals surface area (Å²) in [7, 11) is 7.41. The molecule has 1 aliphatic heterocycles. The van der Waals surface area contributed by atoms with Gasteiger partial charge in [0.25, 0.3) is 0 Å². The van der Waals surface area contributed by atoms with Crippen molar-refractivity contribution in [3.63, 3.8) is 0 Å². The van der Waals surface area contributed by atoms with Crippen molar-refractivity contribution in [2.75, 3.05) is 35.5 Å². The number of cyclic esters (lactones) is 1. The molecule has 0 spiro atoms. The molecule has 1 aliphatic rings. The van der Waals surface area contributed by atoms with Gasteiger partial charge in [-0.15, -0.1) is 0 Å². The summed E-state index contributed by atoms with van der Waals surface area (Å²) < 4.78 is 33.2. The van der Waals surface area contributed by atoms with Gasteiger partial charge >= 0.3 is 5.97 Å². The normalized spacial score (nSPS) is 16.1. The number of aromatic nitrogens is 3. The summed E-state index contributed by atoms with van der Waals surface area (Å²) in [5.41, 5.74) is 0.942. The first-order valence-corrected chi connectivity index (χ1v) is 18.6. The lowest BCUT2D eigenvalue weighted by molar-refractivity contribution is -0.122. The number of ether oxygens (including phenoxy) is 6. The maximum Gasteiger partial charge on any atom is 0.342 e. The lowest BCUT2D eigenvalue weighted by Crippen LogP contribution is -2.31. The van der Waals surface area contributed by atoms with Crippen LogP contribution in [0.25, 0.3) is 6.08 Å². The number of ketones is 1. The Morgan fingerprint density at radius 2 is 1.65 bits per heavy atom. The van der Waals surface area contributed by atoms with E-state index in [4.69, 9.17) is 28.4 Å². The molecule has 0 saturated heterocycles. The molecular formula is C42H50N4O11. The molecule has 4 aromatic rings. The second-order valence-electron chi connectivity index (χ2n) is 13.6. The van der Waals surface area contributed by atoms with Crippen LogP contribution in [0.5, 0.6) is 34.5 Å². The smallest absolute Gasteiger partial charge is 0.342 e. The van der Waals surface area contributed by atoms with Crippen LogP contribution in [0.15, 0.2) is 48.5 Å². The highest BCUT2D eigenvalue weighted by atomic mass is 16.5. The fourth-order valence-electron chi connectivity index (χ4n) is 6.85. The highest BCUT2D eigenvalue weighted by molar-refractivity contribution is 5.98. The van der Waals surface area contributed by atoms with E-state index in [1.165, 1.54) is 34.5 Å². The number of nitrogens with zero attached hydrogens (tertiary/aromatic N) is 2. The molecule has 0 bridgehead atoms. The molecule has 1 aromatic heterocycles. The Bertz CT molecular complexity index is 2040. The Morgan fingerprint density at radius 3 is 2.30 bits per heavy atom. The van der Waals surface area contributed by atoms with Gasteiger partial charge in [0.2, 0.25) is 11.7 Å². The van der Waals surface area contributed by atoms with Gasteiger partial charge in [-0.3, -0.25) is 14.7 Å². The van der Waals surface area contributed by atoms with E-state index in [1.54, 1.807) is 62.6 Å². The number of phenolic OH excluding ortho intramolecular Hbond substituents is 2. The van der Waals surface area contributed by atoms with Crippen molar-refractivity contribution in [1.82, 2.24) is 20.5 Å².